The number of hydrogen-bond acceptors (Lipinski definition) is 4. The van der Waals surface area contributed by atoms with Crippen molar-refractivity contribution in [3.63, 3.8) is 0 Å². The number of anilines is 1. The van der Waals surface area contributed by atoms with E-state index < -0.39 is 6.29 Å². The molecule has 0 aliphatic heterocycles. The number of rotatable bonds is 6. The summed E-state index contributed by atoms with van der Waals surface area (Å²) in [5.74, 6) is -0.301. The third-order valence-corrected chi connectivity index (χ3v) is 2.87. The van der Waals surface area contributed by atoms with E-state index in [1.54, 1.807) is 14.2 Å². The Balaban J connectivity index is 2.74. The van der Waals surface area contributed by atoms with Crippen LogP contribution >= 0.6 is 0 Å². The molecule has 1 aromatic carbocycles. The van der Waals surface area contributed by atoms with Crippen molar-refractivity contribution in [1.29, 1.82) is 5.26 Å². The van der Waals surface area contributed by atoms with Gasteiger partial charge in [-0.1, -0.05) is 12.1 Å². The predicted molar refractivity (Wildman–Crippen MR) is 71.4 cm³/mol. The molecule has 0 saturated carbocycles. The minimum atomic E-state index is -0.483. The molecule has 4 nitrogen and oxygen atoms in total. The molecule has 4 heteroatoms. The Bertz CT molecular complexity index is 391. The van der Waals surface area contributed by atoms with Gasteiger partial charge >= 0.3 is 0 Å². The van der Waals surface area contributed by atoms with E-state index in [0.717, 1.165) is 11.3 Å². The summed E-state index contributed by atoms with van der Waals surface area (Å²) < 4.78 is 10.3. The number of benzene rings is 1. The summed E-state index contributed by atoms with van der Waals surface area (Å²) in [6.07, 6.45) is 0.139. The lowest BCUT2D eigenvalue weighted by atomic mass is 10.00. The predicted octanol–water partition coefficient (Wildman–Crippen LogP) is 2.05. The first kappa shape index (κ1) is 14.5. The smallest absolute Gasteiger partial charge is 0.172 e. The highest BCUT2D eigenvalue weighted by Gasteiger charge is 2.20. The average molecular weight is 248 g/mol. The van der Waals surface area contributed by atoms with Gasteiger partial charge in [0.2, 0.25) is 0 Å². The summed E-state index contributed by atoms with van der Waals surface area (Å²) in [7, 11) is 7.10. The van der Waals surface area contributed by atoms with Gasteiger partial charge in [-0.15, -0.1) is 0 Å². The third kappa shape index (κ3) is 3.73. The molecule has 1 aromatic rings. The van der Waals surface area contributed by atoms with Crippen LogP contribution in [0.25, 0.3) is 0 Å². The van der Waals surface area contributed by atoms with Crippen molar-refractivity contribution < 1.29 is 9.47 Å². The molecule has 0 fully saturated rings. The van der Waals surface area contributed by atoms with E-state index in [-0.39, 0.29) is 5.92 Å². The zero-order chi connectivity index (χ0) is 13.5. The van der Waals surface area contributed by atoms with Crippen LogP contribution in [0.15, 0.2) is 24.3 Å². The lowest BCUT2D eigenvalue weighted by Crippen LogP contribution is -2.25. The molecule has 98 valence electrons. The number of hydrogen-bond donors (Lipinski definition) is 0. The molecule has 0 radical (unpaired) electrons. The minimum absolute atomic E-state index is 0.301. The van der Waals surface area contributed by atoms with Gasteiger partial charge in [-0.05, 0) is 24.1 Å². The van der Waals surface area contributed by atoms with Crippen molar-refractivity contribution >= 4 is 5.69 Å². The maximum absolute atomic E-state index is 9.14. The third-order valence-electron chi connectivity index (χ3n) is 2.87. The van der Waals surface area contributed by atoms with Gasteiger partial charge in [0.1, 0.15) is 5.92 Å². The lowest BCUT2D eigenvalue weighted by Gasteiger charge is -2.19. The van der Waals surface area contributed by atoms with E-state index in [1.807, 2.05) is 43.3 Å². The van der Waals surface area contributed by atoms with Crippen molar-refractivity contribution in [3.8, 4) is 6.07 Å². The zero-order valence-electron chi connectivity index (χ0n) is 11.4. The van der Waals surface area contributed by atoms with Gasteiger partial charge in [-0.25, -0.2) is 0 Å². The fraction of sp³-hybridized carbons (Fsp3) is 0.500. The fourth-order valence-corrected chi connectivity index (χ4v) is 1.81. The molecule has 1 atom stereocenters. The van der Waals surface area contributed by atoms with Crippen LogP contribution in [-0.2, 0) is 15.9 Å². The SMILES string of the molecule is COC(OC)C(C#N)Cc1ccc(N(C)C)cc1. The fourth-order valence-electron chi connectivity index (χ4n) is 1.81. The maximum Gasteiger partial charge on any atom is 0.172 e. The molecular weight excluding hydrogens is 228 g/mol. The van der Waals surface area contributed by atoms with Crippen LogP contribution < -0.4 is 4.90 Å². The van der Waals surface area contributed by atoms with Crippen LogP contribution in [0.2, 0.25) is 0 Å². The highest BCUT2D eigenvalue weighted by molar-refractivity contribution is 5.46. The van der Waals surface area contributed by atoms with E-state index in [0.29, 0.717) is 6.42 Å². The van der Waals surface area contributed by atoms with Crippen molar-refractivity contribution in [2.75, 3.05) is 33.2 Å². The van der Waals surface area contributed by atoms with Gasteiger partial charge < -0.3 is 14.4 Å². The molecule has 1 unspecified atom stereocenters. The molecule has 0 N–H and O–H groups in total. The van der Waals surface area contributed by atoms with Crippen LogP contribution in [0.4, 0.5) is 5.69 Å². The Morgan fingerprint density at radius 3 is 2.11 bits per heavy atom. The second-order valence-electron chi connectivity index (χ2n) is 4.34. The highest BCUT2D eigenvalue weighted by Crippen LogP contribution is 2.18. The summed E-state index contributed by atoms with van der Waals surface area (Å²) >= 11 is 0. The molecular formula is C14H20N2O2. The van der Waals surface area contributed by atoms with Crippen molar-refractivity contribution in [3.05, 3.63) is 29.8 Å². The Hall–Kier alpha value is -1.57. The number of ether oxygens (including phenoxy) is 2. The molecule has 0 aliphatic rings. The molecule has 0 bridgehead atoms. The quantitative estimate of drug-likeness (QED) is 0.723. The number of nitrogens with zero attached hydrogens (tertiary/aromatic N) is 2. The summed E-state index contributed by atoms with van der Waals surface area (Å²) in [5.41, 5.74) is 2.24. The van der Waals surface area contributed by atoms with Gasteiger partial charge in [0, 0.05) is 34.0 Å². The molecule has 18 heavy (non-hydrogen) atoms. The van der Waals surface area contributed by atoms with E-state index in [9.17, 15) is 0 Å². The average Bonchev–Trinajstić information content (AvgIpc) is 2.39. The van der Waals surface area contributed by atoms with Crippen molar-refractivity contribution in [2.45, 2.75) is 12.7 Å². The normalized spacial score (nSPS) is 12.2. The first-order chi connectivity index (χ1) is 8.62. The van der Waals surface area contributed by atoms with E-state index in [1.165, 1.54) is 0 Å². The highest BCUT2D eigenvalue weighted by atomic mass is 16.7. The largest absolute Gasteiger partial charge is 0.378 e. The summed E-state index contributed by atoms with van der Waals surface area (Å²) in [6.45, 7) is 0. The summed E-state index contributed by atoms with van der Waals surface area (Å²) in [4.78, 5) is 2.04. The van der Waals surface area contributed by atoms with E-state index >= 15 is 0 Å². The monoisotopic (exact) mass is 248 g/mol. The van der Waals surface area contributed by atoms with Gasteiger partial charge in [0.05, 0.1) is 6.07 Å². The van der Waals surface area contributed by atoms with E-state index in [2.05, 4.69) is 6.07 Å². The second-order valence-corrected chi connectivity index (χ2v) is 4.34. The van der Waals surface area contributed by atoms with Crippen LogP contribution in [0.1, 0.15) is 5.56 Å². The lowest BCUT2D eigenvalue weighted by molar-refractivity contribution is -0.124. The van der Waals surface area contributed by atoms with Gasteiger partial charge in [-0.2, -0.15) is 5.26 Å². The molecule has 0 saturated heterocycles. The Morgan fingerprint density at radius 2 is 1.72 bits per heavy atom. The number of nitriles is 1. The topological polar surface area (TPSA) is 45.5 Å². The Labute approximate surface area is 109 Å². The van der Waals surface area contributed by atoms with Crippen molar-refractivity contribution in [2.24, 2.45) is 5.92 Å². The van der Waals surface area contributed by atoms with Crippen LogP contribution in [-0.4, -0.2) is 34.6 Å². The molecule has 0 aromatic heterocycles. The van der Waals surface area contributed by atoms with E-state index in [4.69, 9.17) is 14.7 Å². The first-order valence-corrected chi connectivity index (χ1v) is 5.83. The standard InChI is InChI=1S/C14H20N2O2/c1-16(2)13-7-5-11(6-8-13)9-12(10-15)14(17-3)18-4/h5-8,12,14H,9H2,1-4H3. The summed E-state index contributed by atoms with van der Waals surface area (Å²) in [5, 5.41) is 9.14. The minimum Gasteiger partial charge on any atom is -0.378 e. The van der Waals surface area contributed by atoms with Crippen molar-refractivity contribution in [1.82, 2.24) is 0 Å². The van der Waals surface area contributed by atoms with Gasteiger partial charge in [-0.3, -0.25) is 0 Å². The summed E-state index contributed by atoms with van der Waals surface area (Å²) in [6, 6.07) is 10.4. The Kier molecular flexibility index (Phi) is 5.63. The molecule has 0 heterocycles. The molecule has 1 rings (SSSR count). The Morgan fingerprint density at radius 1 is 1.17 bits per heavy atom. The maximum atomic E-state index is 9.14. The number of methoxy groups -OCH3 is 2. The molecule has 0 aliphatic carbocycles. The van der Waals surface area contributed by atoms with Crippen LogP contribution in [0.3, 0.4) is 0 Å². The first-order valence-electron chi connectivity index (χ1n) is 5.83. The molecule has 0 spiro atoms. The molecule has 0 amide bonds. The van der Waals surface area contributed by atoms with Gasteiger partial charge in [0.15, 0.2) is 6.29 Å². The van der Waals surface area contributed by atoms with Crippen LogP contribution in [0.5, 0.6) is 0 Å². The second kappa shape index (κ2) is 7.00. The van der Waals surface area contributed by atoms with Crippen LogP contribution in [0, 0.1) is 17.2 Å². The zero-order valence-corrected chi connectivity index (χ0v) is 11.4. The van der Waals surface area contributed by atoms with Gasteiger partial charge in [0.25, 0.3) is 0 Å².